The Morgan fingerprint density at radius 2 is 1.80 bits per heavy atom. The van der Waals surface area contributed by atoms with Crippen molar-refractivity contribution < 1.29 is 28.5 Å². The highest BCUT2D eigenvalue weighted by molar-refractivity contribution is 5.98. The molecule has 2 aliphatic rings. The van der Waals surface area contributed by atoms with Gasteiger partial charge in [-0.2, -0.15) is 0 Å². The molecule has 0 spiro atoms. The summed E-state index contributed by atoms with van der Waals surface area (Å²) >= 11 is 0. The first-order chi connectivity index (χ1) is 17.1. The Morgan fingerprint density at radius 1 is 1.00 bits per heavy atom. The topological polar surface area (TPSA) is 86.3 Å². The standard InChI is InChI=1S/C27H26N2O6/c1-32-22-10-8-18(12-24(22)33-2)21(29-15-19-5-3-4-6-20(19)27(29)31)13-26(30)28-14-17-7-9-23-25(11-17)35-16-34-23/h3-12,21H,13-16H2,1-2H3,(H,28,30)/t21-/m1/s1. The van der Waals surface area contributed by atoms with Crippen molar-refractivity contribution in [3.8, 4) is 23.0 Å². The molecular weight excluding hydrogens is 448 g/mol. The van der Waals surface area contributed by atoms with Crippen molar-refractivity contribution >= 4 is 11.8 Å². The highest BCUT2D eigenvalue weighted by Crippen LogP contribution is 2.37. The van der Waals surface area contributed by atoms with E-state index in [9.17, 15) is 9.59 Å². The summed E-state index contributed by atoms with van der Waals surface area (Å²) in [6, 6.07) is 18.1. The van der Waals surface area contributed by atoms with E-state index in [2.05, 4.69) is 5.32 Å². The van der Waals surface area contributed by atoms with Crippen LogP contribution in [-0.2, 0) is 17.9 Å². The number of hydrogen-bond donors (Lipinski definition) is 1. The number of nitrogens with one attached hydrogen (secondary N) is 1. The van der Waals surface area contributed by atoms with Crippen molar-refractivity contribution in [2.75, 3.05) is 21.0 Å². The van der Waals surface area contributed by atoms with Crippen molar-refractivity contribution in [3.05, 3.63) is 82.9 Å². The third-order valence-electron chi connectivity index (χ3n) is 6.32. The van der Waals surface area contributed by atoms with Gasteiger partial charge in [0.25, 0.3) is 5.91 Å². The maximum atomic E-state index is 13.3. The minimum absolute atomic E-state index is 0.0936. The molecule has 2 heterocycles. The Bertz CT molecular complexity index is 1270. The first-order valence-corrected chi connectivity index (χ1v) is 11.3. The minimum Gasteiger partial charge on any atom is -0.493 e. The molecule has 180 valence electrons. The number of ether oxygens (including phenoxy) is 4. The molecule has 2 amide bonds. The van der Waals surface area contributed by atoms with Gasteiger partial charge in [0.1, 0.15) is 0 Å². The molecule has 0 aliphatic carbocycles. The minimum atomic E-state index is -0.480. The second-order valence-electron chi connectivity index (χ2n) is 8.39. The quantitative estimate of drug-likeness (QED) is 0.534. The molecule has 8 nitrogen and oxygen atoms in total. The van der Waals surface area contributed by atoms with Gasteiger partial charge >= 0.3 is 0 Å². The number of rotatable bonds is 8. The number of amides is 2. The molecule has 5 rings (SSSR count). The smallest absolute Gasteiger partial charge is 0.255 e. The fourth-order valence-corrected chi connectivity index (χ4v) is 4.50. The molecule has 3 aromatic rings. The lowest BCUT2D eigenvalue weighted by Crippen LogP contribution is -2.34. The molecule has 3 aromatic carbocycles. The average molecular weight is 475 g/mol. The lowest BCUT2D eigenvalue weighted by atomic mass is 10.0. The second kappa shape index (κ2) is 9.58. The van der Waals surface area contributed by atoms with Crippen molar-refractivity contribution in [2.45, 2.75) is 25.6 Å². The van der Waals surface area contributed by atoms with Crippen LogP contribution in [0.25, 0.3) is 0 Å². The van der Waals surface area contributed by atoms with E-state index in [4.69, 9.17) is 18.9 Å². The van der Waals surface area contributed by atoms with E-state index in [1.807, 2.05) is 54.6 Å². The summed E-state index contributed by atoms with van der Waals surface area (Å²) in [5.74, 6) is 2.22. The number of carbonyl (C=O) groups excluding carboxylic acids is 2. The van der Waals surface area contributed by atoms with Gasteiger partial charge in [0, 0.05) is 18.7 Å². The van der Waals surface area contributed by atoms with Crippen LogP contribution in [0.15, 0.2) is 60.7 Å². The fraction of sp³-hybridized carbons (Fsp3) is 0.259. The molecule has 0 fully saturated rings. The zero-order valence-electron chi connectivity index (χ0n) is 19.6. The summed E-state index contributed by atoms with van der Waals surface area (Å²) in [5, 5.41) is 2.97. The summed E-state index contributed by atoms with van der Waals surface area (Å²) in [4.78, 5) is 28.1. The molecule has 1 atom stereocenters. The molecule has 0 bridgehead atoms. The molecule has 8 heteroatoms. The summed E-state index contributed by atoms with van der Waals surface area (Å²) in [7, 11) is 3.13. The highest BCUT2D eigenvalue weighted by Gasteiger charge is 2.34. The van der Waals surface area contributed by atoms with Crippen molar-refractivity contribution in [3.63, 3.8) is 0 Å². The lowest BCUT2D eigenvalue weighted by Gasteiger charge is -2.28. The zero-order chi connectivity index (χ0) is 24.4. The van der Waals surface area contributed by atoms with Gasteiger partial charge < -0.3 is 29.2 Å². The molecule has 0 aromatic heterocycles. The fourth-order valence-electron chi connectivity index (χ4n) is 4.50. The first-order valence-electron chi connectivity index (χ1n) is 11.3. The predicted octanol–water partition coefficient (Wildman–Crippen LogP) is 3.84. The van der Waals surface area contributed by atoms with E-state index in [0.717, 1.165) is 16.7 Å². The van der Waals surface area contributed by atoms with Crippen LogP contribution in [0.2, 0.25) is 0 Å². The van der Waals surface area contributed by atoms with E-state index in [-0.39, 0.29) is 25.0 Å². The Kier molecular flexibility index (Phi) is 6.18. The van der Waals surface area contributed by atoms with E-state index >= 15 is 0 Å². The van der Waals surface area contributed by atoms with Crippen molar-refractivity contribution in [1.82, 2.24) is 10.2 Å². The van der Waals surface area contributed by atoms with Gasteiger partial charge in [0.2, 0.25) is 12.7 Å². The SMILES string of the molecule is COc1ccc([C@@H](CC(=O)NCc2ccc3c(c2)OCO3)N2Cc3ccccc3C2=O)cc1OC. The van der Waals surface area contributed by atoms with E-state index in [1.165, 1.54) is 0 Å². The first kappa shape index (κ1) is 22.6. The Labute approximate surface area is 203 Å². The molecule has 0 saturated carbocycles. The second-order valence-corrected chi connectivity index (χ2v) is 8.39. The van der Waals surface area contributed by atoms with Gasteiger partial charge in [-0.1, -0.05) is 30.3 Å². The summed E-state index contributed by atoms with van der Waals surface area (Å²) in [6.45, 7) is 0.968. The Balaban J connectivity index is 1.37. The van der Waals surface area contributed by atoms with Crippen LogP contribution in [0.5, 0.6) is 23.0 Å². The third kappa shape index (κ3) is 4.47. The zero-order valence-corrected chi connectivity index (χ0v) is 19.6. The summed E-state index contributed by atoms with van der Waals surface area (Å²) in [6.07, 6.45) is 0.0970. The van der Waals surface area contributed by atoms with E-state index in [0.29, 0.717) is 41.7 Å². The van der Waals surface area contributed by atoms with Crippen LogP contribution < -0.4 is 24.3 Å². The maximum absolute atomic E-state index is 13.3. The Hall–Kier alpha value is -4.20. The summed E-state index contributed by atoms with van der Waals surface area (Å²) < 4.78 is 21.6. The largest absolute Gasteiger partial charge is 0.493 e. The molecular formula is C27H26N2O6. The van der Waals surface area contributed by atoms with Gasteiger partial charge in [0.05, 0.1) is 26.7 Å². The molecule has 35 heavy (non-hydrogen) atoms. The van der Waals surface area contributed by atoms with Gasteiger partial charge in [-0.25, -0.2) is 0 Å². The highest BCUT2D eigenvalue weighted by atomic mass is 16.7. The van der Waals surface area contributed by atoms with Crippen LogP contribution >= 0.6 is 0 Å². The van der Waals surface area contributed by atoms with Crippen LogP contribution in [0, 0.1) is 0 Å². The lowest BCUT2D eigenvalue weighted by molar-refractivity contribution is -0.122. The summed E-state index contributed by atoms with van der Waals surface area (Å²) in [5.41, 5.74) is 3.31. The number of carbonyl (C=O) groups is 2. The Morgan fingerprint density at radius 3 is 2.60 bits per heavy atom. The number of benzene rings is 3. The van der Waals surface area contributed by atoms with Gasteiger partial charge in [0.15, 0.2) is 23.0 Å². The van der Waals surface area contributed by atoms with Crippen LogP contribution in [0.1, 0.15) is 39.5 Å². The number of nitrogens with zero attached hydrogens (tertiary/aromatic N) is 1. The van der Waals surface area contributed by atoms with Crippen LogP contribution in [-0.4, -0.2) is 37.7 Å². The molecule has 1 N–H and O–H groups in total. The maximum Gasteiger partial charge on any atom is 0.255 e. The van der Waals surface area contributed by atoms with Crippen LogP contribution in [0.4, 0.5) is 0 Å². The van der Waals surface area contributed by atoms with Crippen LogP contribution in [0.3, 0.4) is 0 Å². The molecule has 0 radical (unpaired) electrons. The average Bonchev–Trinajstić information content (AvgIpc) is 3.49. The van der Waals surface area contributed by atoms with Gasteiger partial charge in [-0.3, -0.25) is 9.59 Å². The molecule has 0 unspecified atom stereocenters. The van der Waals surface area contributed by atoms with Crippen molar-refractivity contribution in [1.29, 1.82) is 0 Å². The molecule has 2 aliphatic heterocycles. The number of fused-ring (bicyclic) bond motifs is 2. The van der Waals surface area contributed by atoms with Crippen molar-refractivity contribution in [2.24, 2.45) is 0 Å². The van der Waals surface area contributed by atoms with E-state index < -0.39 is 6.04 Å². The normalized spacial score (nSPS) is 14.5. The molecule has 0 saturated heterocycles. The van der Waals surface area contributed by atoms with Gasteiger partial charge in [-0.15, -0.1) is 0 Å². The number of hydrogen-bond acceptors (Lipinski definition) is 6. The van der Waals surface area contributed by atoms with Gasteiger partial charge in [-0.05, 0) is 47.0 Å². The third-order valence-corrected chi connectivity index (χ3v) is 6.32. The van der Waals surface area contributed by atoms with E-state index in [1.54, 1.807) is 25.2 Å². The predicted molar refractivity (Wildman–Crippen MR) is 128 cm³/mol. The number of methoxy groups -OCH3 is 2. The monoisotopic (exact) mass is 474 g/mol.